The molecule has 0 bridgehead atoms. The molecule has 84 valence electrons. The summed E-state index contributed by atoms with van der Waals surface area (Å²) in [7, 11) is 0. The molecule has 2 N–H and O–H groups in total. The van der Waals surface area contributed by atoms with E-state index in [4.69, 9.17) is 10.5 Å². The van der Waals surface area contributed by atoms with Crippen molar-refractivity contribution < 1.29 is 4.74 Å². The number of fused-ring (bicyclic) bond motifs is 1. The summed E-state index contributed by atoms with van der Waals surface area (Å²) < 4.78 is 7.68. The third kappa shape index (κ3) is 1.55. The maximum Gasteiger partial charge on any atom is 0.160 e. The van der Waals surface area contributed by atoms with E-state index >= 15 is 0 Å². The van der Waals surface area contributed by atoms with Gasteiger partial charge in [-0.2, -0.15) is 0 Å². The maximum atomic E-state index is 5.87. The first-order valence-electron chi connectivity index (χ1n) is 5.69. The molecule has 0 aliphatic carbocycles. The Morgan fingerprint density at radius 1 is 1.44 bits per heavy atom. The maximum absolute atomic E-state index is 5.87. The van der Waals surface area contributed by atoms with Crippen LogP contribution >= 0.6 is 0 Å². The van der Waals surface area contributed by atoms with Crippen LogP contribution in [0.3, 0.4) is 0 Å². The second-order valence-corrected chi connectivity index (χ2v) is 4.22. The first-order chi connectivity index (χ1) is 7.84. The second kappa shape index (κ2) is 3.79. The fraction of sp³-hybridized carbons (Fsp3) is 0.417. The van der Waals surface area contributed by atoms with Gasteiger partial charge in [0.2, 0.25) is 0 Å². The van der Waals surface area contributed by atoms with Crippen molar-refractivity contribution in [3.63, 3.8) is 0 Å². The topological polar surface area (TPSA) is 52.5 Å². The third-order valence-corrected chi connectivity index (χ3v) is 3.04. The van der Waals surface area contributed by atoms with Gasteiger partial charge in [-0.05, 0) is 31.4 Å². The number of hydrogen-bond acceptors (Lipinski definition) is 3. The molecule has 4 nitrogen and oxygen atoms in total. The van der Waals surface area contributed by atoms with Gasteiger partial charge in [-0.1, -0.05) is 0 Å². The van der Waals surface area contributed by atoms with E-state index < -0.39 is 0 Å². The summed E-state index contributed by atoms with van der Waals surface area (Å²) in [5, 5.41) is 0. The van der Waals surface area contributed by atoms with E-state index in [1.54, 1.807) is 0 Å². The Morgan fingerprint density at radius 3 is 3.12 bits per heavy atom. The van der Waals surface area contributed by atoms with Crippen LogP contribution in [0.15, 0.2) is 24.5 Å². The molecule has 1 fully saturated rings. The highest BCUT2D eigenvalue weighted by molar-refractivity contribution is 5.64. The molecule has 0 amide bonds. The zero-order valence-electron chi connectivity index (χ0n) is 9.10. The average molecular weight is 217 g/mol. The van der Waals surface area contributed by atoms with E-state index in [-0.39, 0.29) is 6.10 Å². The Balaban J connectivity index is 2.01. The summed E-state index contributed by atoms with van der Waals surface area (Å²) in [6, 6.07) is 3.80. The zero-order valence-corrected chi connectivity index (χ0v) is 9.10. The number of ether oxygens (including phenoxy) is 1. The van der Waals surface area contributed by atoms with Gasteiger partial charge < -0.3 is 14.9 Å². The Bertz CT molecular complexity index is 500. The van der Waals surface area contributed by atoms with Crippen molar-refractivity contribution in [3.05, 3.63) is 30.2 Å². The monoisotopic (exact) mass is 217 g/mol. The predicted molar refractivity (Wildman–Crippen MR) is 62.1 cm³/mol. The lowest BCUT2D eigenvalue weighted by Gasteiger charge is -2.20. The smallest absolute Gasteiger partial charge is 0.160 e. The van der Waals surface area contributed by atoms with Crippen LogP contribution in [0.25, 0.3) is 5.65 Å². The van der Waals surface area contributed by atoms with Crippen molar-refractivity contribution in [2.45, 2.75) is 25.4 Å². The number of rotatable bonds is 1. The number of pyridine rings is 1. The molecule has 0 aromatic carbocycles. The third-order valence-electron chi connectivity index (χ3n) is 3.04. The van der Waals surface area contributed by atoms with Gasteiger partial charge in [-0.3, -0.25) is 0 Å². The lowest BCUT2D eigenvalue weighted by atomic mass is 10.1. The van der Waals surface area contributed by atoms with Crippen molar-refractivity contribution in [3.8, 4) is 0 Å². The van der Waals surface area contributed by atoms with Crippen LogP contribution in [0, 0.1) is 0 Å². The molecule has 2 aromatic rings. The molecule has 1 aliphatic heterocycles. The van der Waals surface area contributed by atoms with Gasteiger partial charge in [0.1, 0.15) is 6.10 Å². The number of aromatic nitrogens is 2. The zero-order chi connectivity index (χ0) is 11.0. The van der Waals surface area contributed by atoms with Gasteiger partial charge in [0, 0.05) is 19.0 Å². The number of nitrogens with zero attached hydrogens (tertiary/aromatic N) is 2. The minimum absolute atomic E-state index is 0.146. The summed E-state index contributed by atoms with van der Waals surface area (Å²) in [5.74, 6) is 0. The molecule has 2 aromatic heterocycles. The summed E-state index contributed by atoms with van der Waals surface area (Å²) >= 11 is 0. The van der Waals surface area contributed by atoms with E-state index in [9.17, 15) is 0 Å². The Morgan fingerprint density at radius 2 is 2.38 bits per heavy atom. The van der Waals surface area contributed by atoms with E-state index in [1.807, 2.05) is 28.9 Å². The molecular formula is C12H15N3O. The normalized spacial score (nSPS) is 21.4. The first kappa shape index (κ1) is 9.66. The number of nitrogens with two attached hydrogens (primary N) is 1. The molecular weight excluding hydrogens is 202 g/mol. The Kier molecular flexibility index (Phi) is 2.29. The molecule has 1 atom stereocenters. The van der Waals surface area contributed by atoms with Gasteiger partial charge in [-0.25, -0.2) is 4.98 Å². The van der Waals surface area contributed by atoms with Crippen LogP contribution in [0.5, 0.6) is 0 Å². The number of nitrogen functional groups attached to an aromatic ring is 1. The van der Waals surface area contributed by atoms with Crippen LogP contribution in [0.4, 0.5) is 5.69 Å². The van der Waals surface area contributed by atoms with Crippen LogP contribution in [-0.4, -0.2) is 16.0 Å². The van der Waals surface area contributed by atoms with Crippen molar-refractivity contribution in [2.75, 3.05) is 12.3 Å². The molecule has 1 aliphatic rings. The summed E-state index contributed by atoms with van der Waals surface area (Å²) in [4.78, 5) is 4.55. The Labute approximate surface area is 94.0 Å². The van der Waals surface area contributed by atoms with E-state index in [2.05, 4.69) is 4.98 Å². The van der Waals surface area contributed by atoms with Crippen molar-refractivity contribution in [1.29, 1.82) is 0 Å². The lowest BCUT2D eigenvalue weighted by molar-refractivity contribution is 0.0126. The Hall–Kier alpha value is -1.55. The fourth-order valence-corrected chi connectivity index (χ4v) is 2.18. The second-order valence-electron chi connectivity index (χ2n) is 4.22. The number of imidazole rings is 1. The van der Waals surface area contributed by atoms with Crippen LogP contribution in [-0.2, 0) is 4.74 Å². The van der Waals surface area contributed by atoms with Crippen LogP contribution < -0.4 is 5.73 Å². The number of hydrogen-bond donors (Lipinski definition) is 1. The molecule has 0 radical (unpaired) electrons. The first-order valence-corrected chi connectivity index (χ1v) is 5.69. The molecule has 4 heteroatoms. The molecule has 16 heavy (non-hydrogen) atoms. The molecule has 3 heterocycles. The lowest BCUT2D eigenvalue weighted by Crippen LogP contribution is -2.11. The van der Waals surface area contributed by atoms with E-state index in [0.29, 0.717) is 5.69 Å². The molecule has 0 saturated carbocycles. The van der Waals surface area contributed by atoms with Crippen molar-refractivity contribution in [2.24, 2.45) is 0 Å². The van der Waals surface area contributed by atoms with Gasteiger partial charge >= 0.3 is 0 Å². The minimum atomic E-state index is 0.146. The highest BCUT2D eigenvalue weighted by atomic mass is 16.5. The largest absolute Gasteiger partial charge is 0.396 e. The number of anilines is 1. The van der Waals surface area contributed by atoms with E-state index in [1.165, 1.54) is 6.42 Å². The van der Waals surface area contributed by atoms with Gasteiger partial charge in [-0.15, -0.1) is 0 Å². The van der Waals surface area contributed by atoms with E-state index in [0.717, 1.165) is 30.8 Å². The summed E-state index contributed by atoms with van der Waals surface area (Å²) in [6.45, 7) is 0.841. The molecule has 1 saturated heterocycles. The SMILES string of the molecule is Nc1cccn2cc(C3CCCCO3)nc12. The summed E-state index contributed by atoms with van der Waals surface area (Å²) in [5.41, 5.74) is 8.41. The van der Waals surface area contributed by atoms with Gasteiger partial charge in [0.15, 0.2) is 5.65 Å². The highest BCUT2D eigenvalue weighted by Crippen LogP contribution is 2.28. The van der Waals surface area contributed by atoms with Gasteiger partial charge in [0.25, 0.3) is 0 Å². The molecule has 1 unspecified atom stereocenters. The van der Waals surface area contributed by atoms with Crippen molar-refractivity contribution >= 4 is 11.3 Å². The predicted octanol–water partition coefficient (Wildman–Crippen LogP) is 2.16. The highest BCUT2D eigenvalue weighted by Gasteiger charge is 2.19. The van der Waals surface area contributed by atoms with Crippen LogP contribution in [0.2, 0.25) is 0 Å². The minimum Gasteiger partial charge on any atom is -0.396 e. The van der Waals surface area contributed by atoms with Crippen molar-refractivity contribution in [1.82, 2.24) is 9.38 Å². The molecule has 3 rings (SSSR count). The quantitative estimate of drug-likeness (QED) is 0.796. The molecule has 0 spiro atoms. The standard InChI is InChI=1S/C12H15N3O/c13-9-4-3-6-15-8-10(14-12(9)15)11-5-1-2-7-16-11/h3-4,6,8,11H,1-2,5,7,13H2. The van der Waals surface area contributed by atoms with Crippen LogP contribution in [0.1, 0.15) is 31.1 Å². The summed E-state index contributed by atoms with van der Waals surface area (Å²) in [6.07, 6.45) is 7.56. The van der Waals surface area contributed by atoms with Gasteiger partial charge in [0.05, 0.1) is 11.4 Å². The fourth-order valence-electron chi connectivity index (χ4n) is 2.18. The average Bonchev–Trinajstić information content (AvgIpc) is 2.76.